The van der Waals surface area contributed by atoms with Crippen molar-refractivity contribution >= 4 is 51.4 Å². The van der Waals surface area contributed by atoms with E-state index in [0.29, 0.717) is 5.75 Å². The van der Waals surface area contributed by atoms with Crippen molar-refractivity contribution in [3.05, 3.63) is 84.9 Å². The molecule has 138 valence electrons. The molecule has 0 fully saturated rings. The molecule has 0 aliphatic heterocycles. The molecular formula is C24H16BNO3. The van der Waals surface area contributed by atoms with Gasteiger partial charge in [0.2, 0.25) is 0 Å². The Morgan fingerprint density at radius 1 is 0.759 bits per heavy atom. The van der Waals surface area contributed by atoms with Crippen molar-refractivity contribution in [3.8, 4) is 11.4 Å². The number of rotatable bonds is 3. The van der Waals surface area contributed by atoms with Gasteiger partial charge in [-0.3, -0.25) is 0 Å². The normalized spacial score (nSPS) is 11.6. The van der Waals surface area contributed by atoms with Crippen LogP contribution >= 0.6 is 0 Å². The molecule has 0 saturated carbocycles. The third-order valence-electron chi connectivity index (χ3n) is 5.49. The smallest absolute Gasteiger partial charge is 0.504 e. The molecule has 0 saturated heterocycles. The van der Waals surface area contributed by atoms with E-state index in [1.54, 1.807) is 0 Å². The quantitative estimate of drug-likeness (QED) is 0.425. The third kappa shape index (κ3) is 2.31. The highest BCUT2D eigenvalue weighted by molar-refractivity contribution is 6.24. The van der Waals surface area contributed by atoms with Gasteiger partial charge in [0.15, 0.2) is 0 Å². The minimum absolute atomic E-state index is 0.358. The summed E-state index contributed by atoms with van der Waals surface area (Å²) in [4.78, 5) is 0. The first-order valence-electron chi connectivity index (χ1n) is 9.52. The van der Waals surface area contributed by atoms with Gasteiger partial charge in [-0.05, 0) is 48.5 Å². The van der Waals surface area contributed by atoms with Crippen molar-refractivity contribution in [3.63, 3.8) is 0 Å². The Balaban J connectivity index is 1.83. The van der Waals surface area contributed by atoms with Crippen molar-refractivity contribution in [2.45, 2.75) is 0 Å². The molecule has 29 heavy (non-hydrogen) atoms. The maximum absolute atomic E-state index is 9.21. The van der Waals surface area contributed by atoms with Crippen molar-refractivity contribution in [2.24, 2.45) is 0 Å². The number of benzene rings is 4. The highest BCUT2D eigenvalue weighted by Crippen LogP contribution is 2.41. The zero-order valence-corrected chi connectivity index (χ0v) is 15.5. The highest BCUT2D eigenvalue weighted by Gasteiger charge is 2.18. The number of hydrogen-bond acceptors (Lipinski definition) is 3. The van der Waals surface area contributed by atoms with Crippen LogP contribution in [0.25, 0.3) is 49.4 Å². The molecule has 2 aromatic heterocycles. The number of nitrogens with zero attached hydrogens (tertiary/aromatic N) is 1. The van der Waals surface area contributed by atoms with E-state index < -0.39 is 0 Å². The summed E-state index contributed by atoms with van der Waals surface area (Å²) in [7, 11) is -0.358. The van der Waals surface area contributed by atoms with Crippen molar-refractivity contribution in [1.29, 1.82) is 0 Å². The summed E-state index contributed by atoms with van der Waals surface area (Å²) >= 11 is 0. The van der Waals surface area contributed by atoms with Crippen LogP contribution in [0.4, 0.5) is 0 Å². The van der Waals surface area contributed by atoms with Gasteiger partial charge in [-0.15, -0.1) is 0 Å². The number of furan rings is 1. The number of para-hydroxylation sites is 2. The van der Waals surface area contributed by atoms with Gasteiger partial charge in [0.05, 0.1) is 16.4 Å². The molecule has 0 aliphatic carbocycles. The van der Waals surface area contributed by atoms with Crippen LogP contribution < -0.4 is 4.65 Å². The topological polar surface area (TPSA) is 47.5 Å². The summed E-state index contributed by atoms with van der Waals surface area (Å²) in [5.74, 6) is 0.625. The Labute approximate surface area is 166 Å². The third-order valence-corrected chi connectivity index (χ3v) is 5.49. The van der Waals surface area contributed by atoms with E-state index in [1.807, 2.05) is 54.6 Å². The van der Waals surface area contributed by atoms with E-state index in [0.717, 1.165) is 49.4 Å². The summed E-state index contributed by atoms with van der Waals surface area (Å²) in [6.07, 6.45) is 0. The summed E-state index contributed by atoms with van der Waals surface area (Å²) in [6.45, 7) is 0. The number of aromatic nitrogens is 1. The largest absolute Gasteiger partial charge is 0.539 e. The second-order valence-electron chi connectivity index (χ2n) is 7.06. The molecule has 5 heteroatoms. The molecule has 4 nitrogen and oxygen atoms in total. The van der Waals surface area contributed by atoms with Gasteiger partial charge in [0, 0.05) is 21.8 Å². The Morgan fingerprint density at radius 2 is 1.55 bits per heavy atom. The van der Waals surface area contributed by atoms with Gasteiger partial charge >= 0.3 is 7.69 Å². The molecule has 0 atom stereocenters. The Kier molecular flexibility index (Phi) is 3.46. The Bertz CT molecular complexity index is 1520. The molecule has 6 aromatic rings. The molecule has 0 aliphatic rings. The van der Waals surface area contributed by atoms with E-state index in [4.69, 9.17) is 9.07 Å². The molecule has 0 bridgehead atoms. The van der Waals surface area contributed by atoms with Crippen LogP contribution in [-0.2, 0) is 0 Å². The van der Waals surface area contributed by atoms with E-state index in [9.17, 15) is 5.02 Å². The molecule has 0 radical (unpaired) electrons. The SMILES string of the molecule is OBOc1ccc2c(c1)c1c3oc4ccccc4c3ccc1n2-c1ccccc1. The van der Waals surface area contributed by atoms with Crippen LogP contribution in [0.3, 0.4) is 0 Å². The molecule has 0 unspecified atom stereocenters. The lowest BCUT2D eigenvalue weighted by molar-refractivity contribution is 0.454. The predicted octanol–water partition coefficient (Wildman–Crippen LogP) is 5.32. The van der Waals surface area contributed by atoms with Gasteiger partial charge in [0.1, 0.15) is 16.9 Å². The standard InChI is InChI=1S/C24H16BNO3/c27-25-29-16-10-12-20-19(14-16)23-21(26(20)15-6-2-1-3-7-15)13-11-18-17-8-4-5-9-22(17)28-24(18)23/h1-14,25,27H. The van der Waals surface area contributed by atoms with Crippen LogP contribution in [-0.4, -0.2) is 17.3 Å². The minimum atomic E-state index is -0.358. The lowest BCUT2D eigenvalue weighted by Crippen LogP contribution is -1.99. The molecule has 6 rings (SSSR count). The zero-order valence-electron chi connectivity index (χ0n) is 15.5. The van der Waals surface area contributed by atoms with Gasteiger partial charge in [-0.2, -0.15) is 0 Å². The highest BCUT2D eigenvalue weighted by atomic mass is 16.5. The van der Waals surface area contributed by atoms with Gasteiger partial charge in [0.25, 0.3) is 0 Å². The monoisotopic (exact) mass is 377 g/mol. The Hall–Kier alpha value is -3.70. The van der Waals surface area contributed by atoms with Crippen LogP contribution in [0.15, 0.2) is 89.3 Å². The molecule has 1 N–H and O–H groups in total. The lowest BCUT2D eigenvalue weighted by Gasteiger charge is -2.08. The molecule has 4 aromatic carbocycles. The fourth-order valence-electron chi connectivity index (χ4n) is 4.28. The fraction of sp³-hybridized carbons (Fsp3) is 0. The maximum atomic E-state index is 9.21. The number of hydrogen-bond donors (Lipinski definition) is 1. The van der Waals surface area contributed by atoms with Crippen LogP contribution in [0.5, 0.6) is 5.75 Å². The van der Waals surface area contributed by atoms with Crippen molar-refractivity contribution < 1.29 is 14.1 Å². The first-order valence-corrected chi connectivity index (χ1v) is 9.52. The van der Waals surface area contributed by atoms with Crippen molar-refractivity contribution in [2.75, 3.05) is 0 Å². The molecule has 2 heterocycles. The van der Waals surface area contributed by atoms with E-state index in [-0.39, 0.29) is 7.69 Å². The molecule has 0 amide bonds. The summed E-state index contributed by atoms with van der Waals surface area (Å²) in [6, 6.07) is 28.6. The second-order valence-corrected chi connectivity index (χ2v) is 7.06. The summed E-state index contributed by atoms with van der Waals surface area (Å²) in [5.41, 5.74) is 4.95. The van der Waals surface area contributed by atoms with Gasteiger partial charge in [-0.1, -0.05) is 36.4 Å². The zero-order chi connectivity index (χ0) is 19.4. The lowest BCUT2D eigenvalue weighted by atomic mass is 10.1. The fourth-order valence-corrected chi connectivity index (χ4v) is 4.28. The first-order chi connectivity index (χ1) is 14.3. The maximum Gasteiger partial charge on any atom is 0.504 e. The van der Waals surface area contributed by atoms with Crippen LogP contribution in [0.2, 0.25) is 0 Å². The van der Waals surface area contributed by atoms with Crippen LogP contribution in [0, 0.1) is 0 Å². The van der Waals surface area contributed by atoms with E-state index in [2.05, 4.69) is 34.9 Å². The van der Waals surface area contributed by atoms with E-state index >= 15 is 0 Å². The van der Waals surface area contributed by atoms with E-state index in [1.165, 1.54) is 0 Å². The number of fused-ring (bicyclic) bond motifs is 7. The van der Waals surface area contributed by atoms with Crippen molar-refractivity contribution in [1.82, 2.24) is 4.57 Å². The predicted molar refractivity (Wildman–Crippen MR) is 118 cm³/mol. The average Bonchev–Trinajstić information content (AvgIpc) is 3.30. The van der Waals surface area contributed by atoms with Gasteiger partial charge in [-0.25, -0.2) is 0 Å². The van der Waals surface area contributed by atoms with Crippen LogP contribution in [0.1, 0.15) is 0 Å². The second kappa shape index (κ2) is 6.16. The molecular weight excluding hydrogens is 361 g/mol. The van der Waals surface area contributed by atoms with Gasteiger partial charge < -0.3 is 18.7 Å². The molecule has 0 spiro atoms. The average molecular weight is 377 g/mol. The minimum Gasteiger partial charge on any atom is -0.539 e. The Morgan fingerprint density at radius 3 is 2.41 bits per heavy atom. The summed E-state index contributed by atoms with van der Waals surface area (Å²) in [5, 5.41) is 13.5. The summed E-state index contributed by atoms with van der Waals surface area (Å²) < 4.78 is 13.9. The first kappa shape index (κ1) is 16.3.